The number of allylic oxidation sites excluding steroid dienone is 2. The molecule has 0 aromatic rings. The van der Waals surface area contributed by atoms with Crippen molar-refractivity contribution in [1.29, 1.82) is 0 Å². The standard InChI is InChI=1S/C14H23NO4/c1-9(16)13(2,3)7-10(17)6-11(15)14(4,5)8-12(18)19/h6H,7-8,15H2,1-5H3,(H,18,19). The second kappa shape index (κ2) is 5.99. The van der Waals surface area contributed by atoms with Gasteiger partial charge in [0.05, 0.1) is 6.42 Å². The minimum atomic E-state index is -0.974. The third-order valence-corrected chi connectivity index (χ3v) is 3.26. The number of carboxylic acids is 1. The van der Waals surface area contributed by atoms with E-state index in [1.54, 1.807) is 27.7 Å². The highest BCUT2D eigenvalue weighted by Crippen LogP contribution is 2.28. The molecule has 0 atom stereocenters. The number of carbonyl (C=O) groups is 3. The zero-order valence-electron chi connectivity index (χ0n) is 12.2. The first-order chi connectivity index (χ1) is 8.38. The number of Topliss-reactive ketones (excluding diaryl/α,β-unsaturated/α-hetero) is 1. The number of ketones is 2. The molecule has 0 aromatic heterocycles. The van der Waals surface area contributed by atoms with Crippen LogP contribution in [0.25, 0.3) is 0 Å². The summed E-state index contributed by atoms with van der Waals surface area (Å²) in [4.78, 5) is 33.9. The fourth-order valence-electron chi connectivity index (χ4n) is 1.46. The van der Waals surface area contributed by atoms with Crippen LogP contribution in [0.3, 0.4) is 0 Å². The first-order valence-corrected chi connectivity index (χ1v) is 6.12. The van der Waals surface area contributed by atoms with Gasteiger partial charge in [0.15, 0.2) is 5.78 Å². The normalized spacial score (nSPS) is 13.2. The number of hydrogen-bond donors (Lipinski definition) is 2. The second-order valence-corrected chi connectivity index (χ2v) is 6.14. The van der Waals surface area contributed by atoms with Crippen molar-refractivity contribution in [3.8, 4) is 0 Å². The van der Waals surface area contributed by atoms with Gasteiger partial charge in [-0.3, -0.25) is 14.4 Å². The lowest BCUT2D eigenvalue weighted by molar-refractivity contribution is -0.138. The Bertz CT molecular complexity index is 419. The molecule has 0 saturated heterocycles. The lowest BCUT2D eigenvalue weighted by Gasteiger charge is -2.24. The van der Waals surface area contributed by atoms with E-state index in [0.717, 1.165) is 0 Å². The Morgan fingerprint density at radius 2 is 1.53 bits per heavy atom. The summed E-state index contributed by atoms with van der Waals surface area (Å²) in [5.41, 5.74) is 4.49. The Morgan fingerprint density at radius 3 is 1.89 bits per heavy atom. The fraction of sp³-hybridized carbons (Fsp3) is 0.643. The summed E-state index contributed by atoms with van der Waals surface area (Å²) in [6, 6.07) is 0. The number of hydrogen-bond acceptors (Lipinski definition) is 4. The second-order valence-electron chi connectivity index (χ2n) is 6.14. The van der Waals surface area contributed by atoms with Crippen molar-refractivity contribution >= 4 is 17.5 Å². The molecule has 0 aliphatic rings. The predicted molar refractivity (Wildman–Crippen MR) is 72.4 cm³/mol. The van der Waals surface area contributed by atoms with Crippen molar-refractivity contribution in [2.45, 2.75) is 47.5 Å². The van der Waals surface area contributed by atoms with E-state index in [-0.39, 0.29) is 30.1 Å². The quantitative estimate of drug-likeness (QED) is 0.688. The molecule has 19 heavy (non-hydrogen) atoms. The van der Waals surface area contributed by atoms with E-state index in [9.17, 15) is 14.4 Å². The Balaban J connectivity index is 4.91. The zero-order valence-corrected chi connectivity index (χ0v) is 12.2. The van der Waals surface area contributed by atoms with Crippen LogP contribution < -0.4 is 5.73 Å². The van der Waals surface area contributed by atoms with Crippen LogP contribution in [0.2, 0.25) is 0 Å². The summed E-state index contributed by atoms with van der Waals surface area (Å²) in [6.07, 6.45) is 1.15. The lowest BCUT2D eigenvalue weighted by atomic mass is 9.81. The van der Waals surface area contributed by atoms with E-state index < -0.39 is 16.8 Å². The molecule has 0 rings (SSSR count). The highest BCUT2D eigenvalue weighted by Gasteiger charge is 2.29. The number of carbonyl (C=O) groups excluding carboxylic acids is 2. The number of carboxylic acid groups (broad SMARTS) is 1. The molecular weight excluding hydrogens is 246 g/mol. The Kier molecular flexibility index (Phi) is 5.47. The number of nitrogens with two attached hydrogens (primary N) is 1. The van der Waals surface area contributed by atoms with Gasteiger partial charge in [-0.05, 0) is 6.92 Å². The van der Waals surface area contributed by atoms with Gasteiger partial charge in [0, 0.05) is 29.0 Å². The van der Waals surface area contributed by atoms with Crippen molar-refractivity contribution in [3.05, 3.63) is 11.8 Å². The molecule has 0 fully saturated rings. The van der Waals surface area contributed by atoms with Gasteiger partial charge in [-0.1, -0.05) is 27.7 Å². The van der Waals surface area contributed by atoms with Crippen molar-refractivity contribution in [3.63, 3.8) is 0 Å². The smallest absolute Gasteiger partial charge is 0.304 e. The van der Waals surface area contributed by atoms with E-state index in [0.29, 0.717) is 0 Å². The van der Waals surface area contributed by atoms with Crippen LogP contribution in [0.4, 0.5) is 0 Å². The molecule has 0 heterocycles. The molecule has 0 unspecified atom stereocenters. The van der Waals surface area contributed by atoms with Crippen LogP contribution >= 0.6 is 0 Å². The fourth-order valence-corrected chi connectivity index (χ4v) is 1.46. The SMILES string of the molecule is CC(=O)C(C)(C)CC(=O)C=C(N)C(C)(C)CC(=O)O. The van der Waals surface area contributed by atoms with Crippen molar-refractivity contribution in [1.82, 2.24) is 0 Å². The molecule has 0 amide bonds. The van der Waals surface area contributed by atoms with Gasteiger partial charge in [-0.25, -0.2) is 0 Å². The van der Waals surface area contributed by atoms with Crippen LogP contribution in [0, 0.1) is 10.8 Å². The van der Waals surface area contributed by atoms with Crippen molar-refractivity contribution < 1.29 is 19.5 Å². The van der Waals surface area contributed by atoms with Crippen LogP contribution in [0.5, 0.6) is 0 Å². The summed E-state index contributed by atoms with van der Waals surface area (Å²) in [5.74, 6) is -1.31. The molecule has 108 valence electrons. The van der Waals surface area contributed by atoms with Gasteiger partial charge in [0.2, 0.25) is 0 Å². The average Bonchev–Trinajstić information content (AvgIpc) is 2.13. The van der Waals surface area contributed by atoms with Gasteiger partial charge >= 0.3 is 5.97 Å². The molecule has 0 saturated carbocycles. The molecule has 0 spiro atoms. The molecule has 0 radical (unpaired) electrons. The largest absolute Gasteiger partial charge is 0.481 e. The Hall–Kier alpha value is -1.65. The van der Waals surface area contributed by atoms with Crippen LogP contribution in [-0.2, 0) is 14.4 Å². The summed E-state index contributed by atoms with van der Waals surface area (Å²) < 4.78 is 0. The third-order valence-electron chi connectivity index (χ3n) is 3.26. The average molecular weight is 269 g/mol. The lowest BCUT2D eigenvalue weighted by Crippen LogP contribution is -2.28. The predicted octanol–water partition coefficient (Wildman–Crippen LogP) is 1.90. The maximum absolute atomic E-state index is 11.8. The summed E-state index contributed by atoms with van der Waals surface area (Å²) in [6.45, 7) is 8.15. The van der Waals surface area contributed by atoms with E-state index in [4.69, 9.17) is 10.8 Å². The van der Waals surface area contributed by atoms with Gasteiger partial charge in [0.1, 0.15) is 5.78 Å². The topological polar surface area (TPSA) is 97.5 Å². The first-order valence-electron chi connectivity index (χ1n) is 6.12. The van der Waals surface area contributed by atoms with Gasteiger partial charge < -0.3 is 10.8 Å². The molecule has 5 heteroatoms. The molecule has 0 aliphatic carbocycles. The third kappa shape index (κ3) is 5.68. The summed E-state index contributed by atoms with van der Waals surface area (Å²) in [7, 11) is 0. The van der Waals surface area contributed by atoms with Crippen LogP contribution in [-0.4, -0.2) is 22.6 Å². The van der Waals surface area contributed by atoms with Gasteiger partial charge in [0.25, 0.3) is 0 Å². The van der Waals surface area contributed by atoms with E-state index >= 15 is 0 Å². The van der Waals surface area contributed by atoms with Gasteiger partial charge in [-0.15, -0.1) is 0 Å². The molecular formula is C14H23NO4. The van der Waals surface area contributed by atoms with E-state index in [1.807, 2.05) is 0 Å². The monoisotopic (exact) mass is 269 g/mol. The molecule has 3 N–H and O–H groups in total. The molecule has 5 nitrogen and oxygen atoms in total. The first kappa shape index (κ1) is 17.4. The van der Waals surface area contributed by atoms with Gasteiger partial charge in [-0.2, -0.15) is 0 Å². The molecule has 0 bridgehead atoms. The van der Waals surface area contributed by atoms with Crippen LogP contribution in [0.1, 0.15) is 47.5 Å². The minimum absolute atomic E-state index is 0.0617. The van der Waals surface area contributed by atoms with E-state index in [1.165, 1.54) is 13.0 Å². The number of rotatable bonds is 7. The molecule has 0 aromatic carbocycles. The molecule has 0 aliphatic heterocycles. The zero-order chi connectivity index (χ0) is 15.4. The van der Waals surface area contributed by atoms with Crippen LogP contribution in [0.15, 0.2) is 11.8 Å². The van der Waals surface area contributed by atoms with Crippen molar-refractivity contribution in [2.24, 2.45) is 16.6 Å². The Morgan fingerprint density at radius 1 is 1.05 bits per heavy atom. The highest BCUT2D eigenvalue weighted by molar-refractivity contribution is 5.95. The van der Waals surface area contributed by atoms with E-state index in [2.05, 4.69) is 0 Å². The highest BCUT2D eigenvalue weighted by atomic mass is 16.4. The summed E-state index contributed by atoms with van der Waals surface area (Å²) in [5, 5.41) is 8.78. The maximum atomic E-state index is 11.8. The number of aliphatic carboxylic acids is 1. The maximum Gasteiger partial charge on any atom is 0.304 e. The summed E-state index contributed by atoms with van der Waals surface area (Å²) >= 11 is 0. The van der Waals surface area contributed by atoms with Crippen molar-refractivity contribution in [2.75, 3.05) is 0 Å². The Labute approximate surface area is 113 Å². The minimum Gasteiger partial charge on any atom is -0.481 e.